The van der Waals surface area contributed by atoms with E-state index >= 15 is 0 Å². The Labute approximate surface area is 128 Å². The minimum Gasteiger partial charge on any atom is -0.487 e. The molecule has 1 aliphatic carbocycles. The van der Waals surface area contributed by atoms with E-state index in [0.717, 1.165) is 11.1 Å². The summed E-state index contributed by atoms with van der Waals surface area (Å²) in [6.45, 7) is 0.459. The van der Waals surface area contributed by atoms with Gasteiger partial charge in [0, 0.05) is 0 Å². The van der Waals surface area contributed by atoms with Gasteiger partial charge in [-0.1, -0.05) is 48.0 Å². The van der Waals surface area contributed by atoms with E-state index in [0.29, 0.717) is 23.8 Å². The van der Waals surface area contributed by atoms with Gasteiger partial charge in [-0.25, -0.2) is 0 Å². The largest absolute Gasteiger partial charge is 0.487 e. The lowest BCUT2D eigenvalue weighted by atomic mass is 10.1. The minimum atomic E-state index is -0.736. The average Bonchev–Trinajstić information content (AvgIpc) is 3.28. The molecule has 108 valence electrons. The summed E-state index contributed by atoms with van der Waals surface area (Å²) in [7, 11) is 0. The Bertz CT molecular complexity index is 654. The van der Waals surface area contributed by atoms with Crippen LogP contribution in [0.4, 0.5) is 0 Å². The van der Waals surface area contributed by atoms with Crippen molar-refractivity contribution in [2.24, 2.45) is 5.92 Å². The zero-order valence-electron chi connectivity index (χ0n) is 11.3. The summed E-state index contributed by atoms with van der Waals surface area (Å²) in [5.41, 5.74) is 2.05. The van der Waals surface area contributed by atoms with E-state index in [1.807, 2.05) is 48.5 Å². The number of carbonyl (C=O) groups is 1. The molecule has 2 aromatic carbocycles. The Morgan fingerprint density at radius 3 is 2.62 bits per heavy atom. The lowest BCUT2D eigenvalue weighted by Crippen LogP contribution is -1.99. The number of hydrogen-bond donors (Lipinski definition) is 1. The van der Waals surface area contributed by atoms with E-state index in [1.54, 1.807) is 0 Å². The fraction of sp³-hybridized carbons (Fsp3) is 0.235. The maximum atomic E-state index is 10.9. The van der Waals surface area contributed by atoms with Gasteiger partial charge in [-0.2, -0.15) is 0 Å². The Morgan fingerprint density at radius 1 is 1.24 bits per heavy atom. The molecule has 0 radical (unpaired) electrons. The Hall–Kier alpha value is -2.00. The maximum absolute atomic E-state index is 10.9. The molecule has 0 heterocycles. The number of halogens is 1. The molecule has 21 heavy (non-hydrogen) atoms. The van der Waals surface area contributed by atoms with Gasteiger partial charge in [-0.15, -0.1) is 0 Å². The van der Waals surface area contributed by atoms with Crippen molar-refractivity contribution in [3.8, 4) is 5.75 Å². The molecule has 3 rings (SSSR count). The molecule has 2 aromatic rings. The first-order chi connectivity index (χ1) is 10.1. The summed E-state index contributed by atoms with van der Waals surface area (Å²) >= 11 is 6.22. The molecule has 2 atom stereocenters. The first-order valence-corrected chi connectivity index (χ1v) is 7.22. The fourth-order valence-electron chi connectivity index (χ4n) is 2.44. The molecule has 0 saturated heterocycles. The van der Waals surface area contributed by atoms with Gasteiger partial charge in [0.1, 0.15) is 12.4 Å². The smallest absolute Gasteiger partial charge is 0.307 e. The summed E-state index contributed by atoms with van der Waals surface area (Å²) in [4.78, 5) is 10.9. The van der Waals surface area contributed by atoms with Crippen LogP contribution in [0.3, 0.4) is 0 Å². The topological polar surface area (TPSA) is 46.5 Å². The number of aliphatic carboxylic acids is 1. The third kappa shape index (κ3) is 3.19. The van der Waals surface area contributed by atoms with E-state index < -0.39 is 5.97 Å². The van der Waals surface area contributed by atoms with Crippen molar-refractivity contribution in [2.75, 3.05) is 0 Å². The molecule has 1 N–H and O–H groups in total. The average molecular weight is 303 g/mol. The van der Waals surface area contributed by atoms with Crippen LogP contribution in [0.1, 0.15) is 23.5 Å². The molecular formula is C17H15ClO3. The van der Waals surface area contributed by atoms with Crippen molar-refractivity contribution in [3.05, 3.63) is 64.7 Å². The molecule has 1 aliphatic rings. The van der Waals surface area contributed by atoms with Crippen LogP contribution in [0.5, 0.6) is 5.75 Å². The van der Waals surface area contributed by atoms with Crippen LogP contribution in [0, 0.1) is 5.92 Å². The summed E-state index contributed by atoms with van der Waals surface area (Å²) in [5.74, 6) is -0.294. The number of carboxylic acids is 1. The minimum absolute atomic E-state index is 0.0863. The van der Waals surface area contributed by atoms with Crippen molar-refractivity contribution >= 4 is 17.6 Å². The first kappa shape index (κ1) is 14.0. The summed E-state index contributed by atoms with van der Waals surface area (Å²) in [6, 6.07) is 15.4. The monoisotopic (exact) mass is 302 g/mol. The van der Waals surface area contributed by atoms with Crippen LogP contribution in [0.2, 0.25) is 5.02 Å². The molecule has 0 bridgehead atoms. The number of rotatable bonds is 5. The highest BCUT2D eigenvalue weighted by Gasteiger charge is 2.44. The quantitative estimate of drug-likeness (QED) is 0.904. The fourth-order valence-corrected chi connectivity index (χ4v) is 2.68. The molecule has 0 aliphatic heterocycles. The third-order valence-electron chi connectivity index (χ3n) is 3.73. The van der Waals surface area contributed by atoms with Crippen LogP contribution in [0.15, 0.2) is 48.5 Å². The molecule has 0 aromatic heterocycles. The molecule has 1 saturated carbocycles. The number of hydrogen-bond acceptors (Lipinski definition) is 2. The molecule has 0 amide bonds. The summed E-state index contributed by atoms with van der Waals surface area (Å²) in [5, 5.41) is 9.49. The van der Waals surface area contributed by atoms with Crippen LogP contribution in [-0.2, 0) is 11.4 Å². The third-order valence-corrected chi connectivity index (χ3v) is 4.02. The van der Waals surface area contributed by atoms with Crippen molar-refractivity contribution in [2.45, 2.75) is 18.9 Å². The van der Waals surface area contributed by atoms with Crippen LogP contribution < -0.4 is 4.74 Å². The van der Waals surface area contributed by atoms with Crippen LogP contribution in [-0.4, -0.2) is 11.1 Å². The van der Waals surface area contributed by atoms with Gasteiger partial charge in [0.15, 0.2) is 0 Å². The second kappa shape index (κ2) is 5.78. The maximum Gasteiger partial charge on any atom is 0.307 e. The molecule has 3 nitrogen and oxygen atoms in total. The molecule has 4 heteroatoms. The first-order valence-electron chi connectivity index (χ1n) is 6.84. The van der Waals surface area contributed by atoms with Gasteiger partial charge in [-0.05, 0) is 35.6 Å². The second-order valence-corrected chi connectivity index (χ2v) is 5.66. The number of benzene rings is 2. The van der Waals surface area contributed by atoms with Crippen molar-refractivity contribution < 1.29 is 14.6 Å². The molecule has 0 spiro atoms. The highest BCUT2D eigenvalue weighted by Crippen LogP contribution is 2.48. The standard InChI is InChI=1S/C17H15ClO3/c18-15-8-12(13-9-14(13)17(19)20)6-7-16(15)21-10-11-4-2-1-3-5-11/h1-8,13-14H,9-10H2,(H,19,20). The predicted molar refractivity (Wildman–Crippen MR) is 80.7 cm³/mol. The predicted octanol–water partition coefficient (Wildman–Crippen LogP) is 4.11. The number of ether oxygens (including phenoxy) is 1. The second-order valence-electron chi connectivity index (χ2n) is 5.25. The lowest BCUT2D eigenvalue weighted by Gasteiger charge is -2.09. The van der Waals surface area contributed by atoms with E-state index in [1.165, 1.54) is 0 Å². The van der Waals surface area contributed by atoms with E-state index in [4.69, 9.17) is 21.4 Å². The normalized spacial score (nSPS) is 20.0. The van der Waals surface area contributed by atoms with Crippen molar-refractivity contribution in [1.82, 2.24) is 0 Å². The zero-order chi connectivity index (χ0) is 14.8. The molecule has 1 fully saturated rings. The molecular weight excluding hydrogens is 288 g/mol. The van der Waals surface area contributed by atoms with Gasteiger partial charge in [-0.3, -0.25) is 4.79 Å². The summed E-state index contributed by atoms with van der Waals surface area (Å²) in [6.07, 6.45) is 0.690. The Kier molecular flexibility index (Phi) is 3.84. The van der Waals surface area contributed by atoms with Gasteiger partial charge >= 0.3 is 5.97 Å². The van der Waals surface area contributed by atoms with Gasteiger partial charge < -0.3 is 9.84 Å². The Balaban J connectivity index is 1.66. The highest BCUT2D eigenvalue weighted by molar-refractivity contribution is 6.32. The van der Waals surface area contributed by atoms with Gasteiger partial charge in [0.25, 0.3) is 0 Å². The van der Waals surface area contributed by atoms with Crippen LogP contribution >= 0.6 is 11.6 Å². The lowest BCUT2D eigenvalue weighted by molar-refractivity contribution is -0.138. The van der Waals surface area contributed by atoms with E-state index in [-0.39, 0.29) is 11.8 Å². The molecule has 2 unspecified atom stereocenters. The van der Waals surface area contributed by atoms with E-state index in [2.05, 4.69) is 0 Å². The highest BCUT2D eigenvalue weighted by atomic mass is 35.5. The number of carboxylic acid groups (broad SMARTS) is 1. The van der Waals surface area contributed by atoms with Crippen molar-refractivity contribution in [3.63, 3.8) is 0 Å². The Morgan fingerprint density at radius 2 is 2.00 bits per heavy atom. The van der Waals surface area contributed by atoms with E-state index in [9.17, 15) is 4.79 Å². The van der Waals surface area contributed by atoms with Gasteiger partial charge in [0.05, 0.1) is 10.9 Å². The summed E-state index contributed by atoms with van der Waals surface area (Å²) < 4.78 is 5.70. The van der Waals surface area contributed by atoms with Crippen molar-refractivity contribution in [1.29, 1.82) is 0 Å². The SMILES string of the molecule is O=C(O)C1CC1c1ccc(OCc2ccccc2)c(Cl)c1. The zero-order valence-corrected chi connectivity index (χ0v) is 12.1. The van der Waals surface area contributed by atoms with Crippen LogP contribution in [0.25, 0.3) is 0 Å². The van der Waals surface area contributed by atoms with Gasteiger partial charge in [0.2, 0.25) is 0 Å².